The number of nitrogens with zero attached hydrogens (tertiary/aromatic N) is 2. The number of hydrogen-bond acceptors (Lipinski definition) is 5. The van der Waals surface area contributed by atoms with E-state index in [9.17, 15) is 22.8 Å². The Bertz CT molecular complexity index is 1160. The average molecular weight is 456 g/mol. The molecule has 3 aromatic rings. The first kappa shape index (κ1) is 22.6. The van der Waals surface area contributed by atoms with E-state index >= 15 is 0 Å². The van der Waals surface area contributed by atoms with Crippen LogP contribution in [0.5, 0.6) is 5.75 Å². The number of aliphatic hydroxyl groups is 1. The Kier molecular flexibility index (Phi) is 6.81. The van der Waals surface area contributed by atoms with Gasteiger partial charge < -0.3 is 15.2 Å². The molecule has 0 fully saturated rings. The first-order valence-corrected chi connectivity index (χ1v) is 9.46. The standard InChI is InChI=1S/C20H17ClF3N3O4/c21-15-4-2-12(20(22,23)24)8-17(15)31-7-1-6-27-11-25-16-5-3-13(26-18(29)10-28)9-14(16)19(27)30/h2-5,8-9,11,28H,1,6-7,10H2,(H,26,29). The molecule has 2 aromatic carbocycles. The number of halogens is 4. The maximum atomic E-state index is 12.8. The van der Waals surface area contributed by atoms with Crippen LogP contribution >= 0.6 is 11.6 Å². The second-order valence-electron chi connectivity index (χ2n) is 6.53. The fourth-order valence-corrected chi connectivity index (χ4v) is 2.98. The normalized spacial score (nSPS) is 11.5. The van der Waals surface area contributed by atoms with Gasteiger partial charge in [0.2, 0.25) is 5.91 Å². The SMILES string of the molecule is O=C(CO)Nc1ccc2ncn(CCCOc3cc(C(F)(F)F)ccc3Cl)c(=O)c2c1. The molecule has 0 radical (unpaired) electrons. The summed E-state index contributed by atoms with van der Waals surface area (Å²) in [6, 6.07) is 7.38. The van der Waals surface area contributed by atoms with E-state index in [0.717, 1.165) is 18.2 Å². The number of nitrogens with one attached hydrogen (secondary N) is 1. The number of benzene rings is 2. The zero-order valence-electron chi connectivity index (χ0n) is 15.9. The molecule has 1 heterocycles. The summed E-state index contributed by atoms with van der Waals surface area (Å²) in [5, 5.41) is 11.6. The van der Waals surface area contributed by atoms with Crippen LogP contribution < -0.4 is 15.6 Å². The molecule has 0 aliphatic rings. The zero-order valence-corrected chi connectivity index (χ0v) is 16.7. The Balaban J connectivity index is 1.68. The van der Waals surface area contributed by atoms with Crippen LogP contribution in [0.15, 0.2) is 47.5 Å². The first-order chi connectivity index (χ1) is 14.7. The number of hydrogen-bond donors (Lipinski definition) is 2. The molecular formula is C20H17ClF3N3O4. The van der Waals surface area contributed by atoms with Crippen molar-refractivity contribution in [1.29, 1.82) is 0 Å². The fraction of sp³-hybridized carbons (Fsp3) is 0.250. The number of amides is 1. The molecule has 0 saturated carbocycles. The monoisotopic (exact) mass is 455 g/mol. The molecule has 31 heavy (non-hydrogen) atoms. The van der Waals surface area contributed by atoms with Crippen molar-refractivity contribution in [1.82, 2.24) is 9.55 Å². The molecule has 7 nitrogen and oxygen atoms in total. The Hall–Kier alpha value is -3.11. The van der Waals surface area contributed by atoms with E-state index in [4.69, 9.17) is 21.4 Å². The summed E-state index contributed by atoms with van der Waals surface area (Å²) < 4.78 is 45.2. The molecule has 0 bridgehead atoms. The molecule has 1 aromatic heterocycles. The number of fused-ring (bicyclic) bond motifs is 1. The number of rotatable bonds is 7. The fourth-order valence-electron chi connectivity index (χ4n) is 2.80. The number of alkyl halides is 3. The number of carbonyl (C=O) groups is 1. The van der Waals surface area contributed by atoms with Crippen LogP contribution in [0.1, 0.15) is 12.0 Å². The smallest absolute Gasteiger partial charge is 0.416 e. The summed E-state index contributed by atoms with van der Waals surface area (Å²) in [7, 11) is 0. The van der Waals surface area contributed by atoms with Gasteiger partial charge in [-0.2, -0.15) is 13.2 Å². The van der Waals surface area contributed by atoms with E-state index in [0.29, 0.717) is 17.6 Å². The van der Waals surface area contributed by atoms with Crippen molar-refractivity contribution >= 4 is 34.1 Å². The van der Waals surface area contributed by atoms with Gasteiger partial charge in [-0.05, 0) is 42.8 Å². The predicted molar refractivity (Wildman–Crippen MR) is 108 cm³/mol. The van der Waals surface area contributed by atoms with E-state index < -0.39 is 24.3 Å². The van der Waals surface area contributed by atoms with Crippen molar-refractivity contribution in [3.63, 3.8) is 0 Å². The summed E-state index contributed by atoms with van der Waals surface area (Å²) in [4.78, 5) is 28.2. The van der Waals surface area contributed by atoms with Gasteiger partial charge in [0.15, 0.2) is 0 Å². The minimum atomic E-state index is -4.51. The summed E-state index contributed by atoms with van der Waals surface area (Å²) >= 11 is 5.89. The van der Waals surface area contributed by atoms with Gasteiger partial charge in [-0.25, -0.2) is 4.98 Å². The minimum absolute atomic E-state index is 0.0259. The molecule has 164 valence electrons. The quantitative estimate of drug-likeness (QED) is 0.532. The number of anilines is 1. The van der Waals surface area contributed by atoms with Crippen LogP contribution in [0.3, 0.4) is 0 Å². The van der Waals surface area contributed by atoms with Gasteiger partial charge in [0.05, 0.1) is 34.4 Å². The van der Waals surface area contributed by atoms with Gasteiger partial charge in [0.25, 0.3) is 5.56 Å². The van der Waals surface area contributed by atoms with E-state index in [2.05, 4.69) is 10.3 Å². The highest BCUT2D eigenvalue weighted by molar-refractivity contribution is 6.32. The third kappa shape index (κ3) is 5.53. The number of carbonyl (C=O) groups excluding carboxylic acids is 1. The van der Waals surface area contributed by atoms with Crippen molar-refractivity contribution in [3.8, 4) is 5.75 Å². The van der Waals surface area contributed by atoms with Gasteiger partial charge >= 0.3 is 6.18 Å². The number of aliphatic hydroxyl groups excluding tert-OH is 1. The highest BCUT2D eigenvalue weighted by Crippen LogP contribution is 2.34. The van der Waals surface area contributed by atoms with Gasteiger partial charge in [0, 0.05) is 12.2 Å². The van der Waals surface area contributed by atoms with E-state index in [1.165, 1.54) is 17.0 Å². The van der Waals surface area contributed by atoms with Crippen LogP contribution in [0, 0.1) is 0 Å². The van der Waals surface area contributed by atoms with Crippen molar-refractivity contribution in [3.05, 3.63) is 63.7 Å². The van der Waals surface area contributed by atoms with Crippen molar-refractivity contribution in [2.45, 2.75) is 19.1 Å². The Morgan fingerprint density at radius 2 is 2.00 bits per heavy atom. The van der Waals surface area contributed by atoms with Gasteiger partial charge in [-0.3, -0.25) is 14.2 Å². The van der Waals surface area contributed by atoms with E-state index in [-0.39, 0.29) is 34.9 Å². The summed E-state index contributed by atoms with van der Waals surface area (Å²) in [6.45, 7) is -0.463. The Morgan fingerprint density at radius 3 is 2.71 bits per heavy atom. The molecule has 0 saturated heterocycles. The molecule has 1 amide bonds. The summed E-state index contributed by atoms with van der Waals surface area (Å²) in [5.74, 6) is -0.710. The topological polar surface area (TPSA) is 93.5 Å². The molecule has 3 rings (SSSR count). The van der Waals surface area contributed by atoms with Crippen molar-refractivity contribution in [2.75, 3.05) is 18.5 Å². The third-order valence-corrected chi connectivity index (χ3v) is 4.62. The molecule has 0 aliphatic heterocycles. The van der Waals surface area contributed by atoms with Crippen molar-refractivity contribution < 1.29 is 27.8 Å². The molecule has 0 atom stereocenters. The largest absolute Gasteiger partial charge is 0.492 e. The lowest BCUT2D eigenvalue weighted by atomic mass is 10.2. The Labute approximate surface area is 179 Å². The lowest BCUT2D eigenvalue weighted by molar-refractivity contribution is -0.137. The molecule has 2 N–H and O–H groups in total. The van der Waals surface area contributed by atoms with E-state index in [1.54, 1.807) is 12.1 Å². The lowest BCUT2D eigenvalue weighted by Crippen LogP contribution is -2.22. The maximum Gasteiger partial charge on any atom is 0.416 e. The lowest BCUT2D eigenvalue weighted by Gasteiger charge is -2.12. The third-order valence-electron chi connectivity index (χ3n) is 4.31. The maximum absolute atomic E-state index is 12.8. The molecule has 0 unspecified atom stereocenters. The highest BCUT2D eigenvalue weighted by Gasteiger charge is 2.31. The van der Waals surface area contributed by atoms with Crippen LogP contribution in [-0.4, -0.2) is 33.8 Å². The number of aromatic nitrogens is 2. The zero-order chi connectivity index (χ0) is 22.6. The minimum Gasteiger partial charge on any atom is -0.492 e. The number of ether oxygens (including phenoxy) is 1. The van der Waals surface area contributed by atoms with Gasteiger partial charge in [0.1, 0.15) is 12.4 Å². The second-order valence-corrected chi connectivity index (χ2v) is 6.93. The molecule has 0 aliphatic carbocycles. The van der Waals surface area contributed by atoms with E-state index in [1.807, 2.05) is 0 Å². The predicted octanol–water partition coefficient (Wildman–Crippen LogP) is 3.47. The van der Waals surface area contributed by atoms with Crippen LogP contribution in [0.2, 0.25) is 5.02 Å². The van der Waals surface area contributed by atoms with Crippen LogP contribution in [-0.2, 0) is 17.5 Å². The summed E-state index contributed by atoms with van der Waals surface area (Å²) in [5.41, 5.74) is -0.464. The molecule has 11 heteroatoms. The van der Waals surface area contributed by atoms with Crippen LogP contribution in [0.4, 0.5) is 18.9 Å². The molecule has 0 spiro atoms. The molecular weight excluding hydrogens is 439 g/mol. The number of aryl methyl sites for hydroxylation is 1. The average Bonchev–Trinajstić information content (AvgIpc) is 2.73. The first-order valence-electron chi connectivity index (χ1n) is 9.08. The van der Waals surface area contributed by atoms with Gasteiger partial charge in [-0.1, -0.05) is 11.6 Å². The highest BCUT2D eigenvalue weighted by atomic mass is 35.5. The van der Waals surface area contributed by atoms with Crippen LogP contribution in [0.25, 0.3) is 10.9 Å². The Morgan fingerprint density at radius 1 is 1.23 bits per heavy atom. The van der Waals surface area contributed by atoms with Crippen molar-refractivity contribution in [2.24, 2.45) is 0 Å². The van der Waals surface area contributed by atoms with Gasteiger partial charge in [-0.15, -0.1) is 0 Å². The second kappa shape index (κ2) is 9.36. The summed E-state index contributed by atoms with van der Waals surface area (Å²) in [6.07, 6.45) is -2.85.